The summed E-state index contributed by atoms with van der Waals surface area (Å²) in [5, 5.41) is 51.1. The fraction of sp³-hybridized carbons (Fsp3) is 0.424. The Hall–Kier alpha value is -6.86. The zero-order chi connectivity index (χ0) is 54.6. The summed E-state index contributed by atoms with van der Waals surface area (Å²) < 4.78 is 30.7. The van der Waals surface area contributed by atoms with Crippen LogP contribution in [0.2, 0.25) is 0 Å². The molecule has 7 atom stereocenters. The van der Waals surface area contributed by atoms with Crippen molar-refractivity contribution in [3.05, 3.63) is 154 Å². The number of aliphatic hydroxyl groups is 1. The van der Waals surface area contributed by atoms with Crippen LogP contribution in [-0.4, -0.2) is 85.2 Å². The molecule has 6 aromatic rings. The predicted molar refractivity (Wildman–Crippen MR) is 302 cm³/mol. The second-order valence-electron chi connectivity index (χ2n) is 22.1. The first-order chi connectivity index (χ1) is 37.9. The Labute approximate surface area is 458 Å². The Bertz CT molecular complexity index is 3150. The van der Waals surface area contributed by atoms with Gasteiger partial charge in [0.05, 0.1) is 26.2 Å². The molecule has 78 heavy (non-hydrogen) atoms. The lowest BCUT2D eigenvalue weighted by Gasteiger charge is -2.59. The molecule has 0 amide bonds. The number of methoxy groups -OCH3 is 2. The number of aliphatic hydroxyl groups excluding tert-OH is 1. The third-order valence-electron chi connectivity index (χ3n) is 17.8. The maximum atomic E-state index is 15.9. The maximum absolute atomic E-state index is 15.9. The summed E-state index contributed by atoms with van der Waals surface area (Å²) in [5.74, 6) is -1.56. The molecule has 7 unspecified atom stereocenters. The van der Waals surface area contributed by atoms with Gasteiger partial charge < -0.3 is 49.4 Å². The minimum Gasteiger partial charge on any atom is -0.508 e. The fourth-order valence-corrected chi connectivity index (χ4v) is 14.3. The van der Waals surface area contributed by atoms with Crippen LogP contribution in [0.3, 0.4) is 0 Å². The third-order valence-corrected chi connectivity index (χ3v) is 17.8. The van der Waals surface area contributed by atoms with Crippen molar-refractivity contribution in [1.82, 2.24) is 5.32 Å². The summed E-state index contributed by atoms with van der Waals surface area (Å²) in [4.78, 5) is 29.5. The van der Waals surface area contributed by atoms with Gasteiger partial charge in [0.2, 0.25) is 0 Å². The Balaban J connectivity index is 1.09. The van der Waals surface area contributed by atoms with Crippen molar-refractivity contribution < 1.29 is 53.7 Å². The quantitative estimate of drug-likeness (QED) is 0.0433. The van der Waals surface area contributed by atoms with E-state index in [-0.39, 0.29) is 48.1 Å². The number of esters is 2. The van der Waals surface area contributed by atoms with Gasteiger partial charge in [0, 0.05) is 50.4 Å². The number of benzene rings is 6. The number of aromatic hydroxyl groups is 3. The van der Waals surface area contributed by atoms with Crippen LogP contribution >= 0.6 is 0 Å². The van der Waals surface area contributed by atoms with Crippen LogP contribution in [0.25, 0.3) is 28.0 Å². The van der Waals surface area contributed by atoms with Gasteiger partial charge in [-0.2, -0.15) is 0 Å². The van der Waals surface area contributed by atoms with E-state index >= 15 is 4.79 Å². The molecule has 2 fully saturated rings. The van der Waals surface area contributed by atoms with Gasteiger partial charge in [0.1, 0.15) is 18.0 Å². The number of phenolic OH excluding ortho intramolecular Hbond substituents is 3. The molecule has 10 rings (SSSR count). The van der Waals surface area contributed by atoms with Crippen LogP contribution in [0, 0.1) is 17.3 Å². The molecule has 0 radical (unpaired) electrons. The number of rotatable bonds is 17. The van der Waals surface area contributed by atoms with E-state index < -0.39 is 40.8 Å². The number of carbonyl (C=O) groups is 2. The van der Waals surface area contributed by atoms with Crippen LogP contribution in [0.1, 0.15) is 122 Å². The molecular formula is C66H75NO11. The molecule has 0 heterocycles. The number of hydrogen-bond acceptors (Lipinski definition) is 12. The first-order valence-electron chi connectivity index (χ1n) is 28.1. The number of ether oxygens (including phenoxy) is 5. The van der Waals surface area contributed by atoms with Crippen LogP contribution < -0.4 is 14.8 Å². The fourth-order valence-electron chi connectivity index (χ4n) is 14.3. The zero-order valence-corrected chi connectivity index (χ0v) is 45.5. The van der Waals surface area contributed by atoms with Crippen molar-refractivity contribution in [3.63, 3.8) is 0 Å². The molecule has 0 saturated heterocycles. The molecule has 410 valence electrons. The first kappa shape index (κ1) is 54.5. The van der Waals surface area contributed by atoms with E-state index in [0.29, 0.717) is 69.8 Å². The Morgan fingerprint density at radius 3 is 2.32 bits per heavy atom. The van der Waals surface area contributed by atoms with E-state index in [4.69, 9.17) is 23.7 Å². The molecule has 5 N–H and O–H groups in total. The number of hydrogen-bond donors (Lipinski definition) is 5. The van der Waals surface area contributed by atoms with Crippen LogP contribution in [-0.2, 0) is 48.6 Å². The predicted octanol–water partition coefficient (Wildman–Crippen LogP) is 12.0. The van der Waals surface area contributed by atoms with Gasteiger partial charge in [-0.25, -0.2) is 0 Å². The van der Waals surface area contributed by atoms with Crippen molar-refractivity contribution in [2.45, 2.75) is 120 Å². The summed E-state index contributed by atoms with van der Waals surface area (Å²) in [6.07, 6.45) is 9.74. The molecule has 0 bridgehead atoms. The highest BCUT2D eigenvalue weighted by molar-refractivity contribution is 5.99. The molecule has 2 saturated carbocycles. The summed E-state index contributed by atoms with van der Waals surface area (Å²) in [7, 11) is 3.05. The molecule has 0 aromatic heterocycles. The highest BCUT2D eigenvalue weighted by atomic mass is 16.6. The summed E-state index contributed by atoms with van der Waals surface area (Å²) in [5.41, 5.74) is 6.46. The van der Waals surface area contributed by atoms with Gasteiger partial charge in [-0.15, -0.1) is 0 Å². The normalized spacial score (nSPS) is 23.4. The van der Waals surface area contributed by atoms with Crippen LogP contribution in [0.4, 0.5) is 0 Å². The molecule has 12 nitrogen and oxygen atoms in total. The van der Waals surface area contributed by atoms with Gasteiger partial charge in [0.15, 0.2) is 23.0 Å². The molecular weight excluding hydrogens is 983 g/mol. The Morgan fingerprint density at radius 1 is 0.782 bits per heavy atom. The Morgan fingerprint density at radius 2 is 1.56 bits per heavy atom. The van der Waals surface area contributed by atoms with Crippen molar-refractivity contribution in [1.29, 1.82) is 0 Å². The first-order valence-corrected chi connectivity index (χ1v) is 28.1. The monoisotopic (exact) mass is 1060 g/mol. The summed E-state index contributed by atoms with van der Waals surface area (Å²) in [6, 6.07) is 35.4. The van der Waals surface area contributed by atoms with Crippen LogP contribution in [0.15, 0.2) is 115 Å². The molecule has 0 spiro atoms. The lowest BCUT2D eigenvalue weighted by atomic mass is 9.46. The minimum absolute atomic E-state index is 0.0324. The minimum atomic E-state index is -1.00. The highest BCUT2D eigenvalue weighted by Crippen LogP contribution is 2.65. The molecule has 4 aliphatic rings. The number of phenols is 3. The van der Waals surface area contributed by atoms with Gasteiger partial charge in [0.25, 0.3) is 0 Å². The van der Waals surface area contributed by atoms with Gasteiger partial charge in [-0.1, -0.05) is 92.1 Å². The molecule has 12 heteroatoms. The zero-order valence-electron chi connectivity index (χ0n) is 45.5. The van der Waals surface area contributed by atoms with Crippen LogP contribution in [0.5, 0.6) is 28.7 Å². The number of aryl methyl sites for hydroxylation is 1. The number of nitrogens with one attached hydrogen (secondary N) is 1. The molecule has 0 aliphatic heterocycles. The standard InChI is InChI=1S/C66H75NO11/c1-5-76-27-13-26-67-39-43-16-12-17-44(28-43)52-34-49(70)29-45-18-20-48(33-51(45)52)65(23-10-7-11-24-65)64(73)78-50-35-55-53-38-63(75-4)59(71)31-46(53)19-21-56(55)66(25-22-42-14-8-6-9-15-42)57(61(36-50)77-41(2)69)30-47-32-62(74-3)60(72)37-54(47)58(66)40-68/h6,8-9,12,14-18,20,22,25,28-29,31-34,37-38,50,55-58,61,67-68,70-72H,5,7,10-11,13,19,21,23-24,26-27,30,35-36,39-40H2,1-4H3. The molecule has 4 aliphatic carbocycles. The Kier molecular flexibility index (Phi) is 16.5. The van der Waals surface area contributed by atoms with Gasteiger partial charge >= 0.3 is 11.9 Å². The van der Waals surface area contributed by atoms with Crippen molar-refractivity contribution in [2.24, 2.45) is 17.3 Å². The smallest absolute Gasteiger partial charge is 0.316 e. The largest absolute Gasteiger partial charge is 0.508 e. The van der Waals surface area contributed by atoms with Gasteiger partial charge in [-0.05, 0) is 180 Å². The number of fused-ring (bicyclic) bond motifs is 7. The van der Waals surface area contributed by atoms with E-state index in [9.17, 15) is 25.2 Å². The third kappa shape index (κ3) is 10.7. The van der Waals surface area contributed by atoms with E-state index in [0.717, 1.165) is 93.1 Å². The van der Waals surface area contributed by atoms with Crippen molar-refractivity contribution in [3.8, 4) is 39.9 Å². The second-order valence-corrected chi connectivity index (χ2v) is 22.1. The van der Waals surface area contributed by atoms with Crippen molar-refractivity contribution in [2.75, 3.05) is 40.6 Å². The van der Waals surface area contributed by atoms with E-state index in [1.54, 1.807) is 25.3 Å². The number of allylic oxidation sites excluding steroid dienone is 1. The maximum Gasteiger partial charge on any atom is 0.316 e. The van der Waals surface area contributed by atoms with E-state index in [1.807, 2.05) is 73.7 Å². The van der Waals surface area contributed by atoms with E-state index in [1.165, 1.54) is 14.0 Å². The highest BCUT2D eigenvalue weighted by Gasteiger charge is 2.60. The average molecular weight is 1060 g/mol. The summed E-state index contributed by atoms with van der Waals surface area (Å²) in [6.45, 7) is 6.06. The van der Waals surface area contributed by atoms with E-state index in [2.05, 4.69) is 41.7 Å². The SMILES string of the molecule is CCOCCCNCc1cccc(-c2cc(O)cc3ccc(C4(C(=O)OC5CC(OC(C)=O)C6Cc7cc(OC)c(O)cc7C(CO)C6(C=Cc6ccccc6)C6CCc7cc(O)c(OC)cc7C6C5)CCCCC4)cc23)c1. The van der Waals surface area contributed by atoms with Gasteiger partial charge in [-0.3, -0.25) is 9.59 Å². The number of carbonyl (C=O) groups excluding carboxylic acids is 2. The van der Waals surface area contributed by atoms with Crippen molar-refractivity contribution >= 4 is 28.8 Å². The summed E-state index contributed by atoms with van der Waals surface area (Å²) >= 11 is 0. The second kappa shape index (κ2) is 23.6. The lowest BCUT2D eigenvalue weighted by molar-refractivity contribution is -0.170. The lowest BCUT2D eigenvalue weighted by Crippen LogP contribution is -2.56. The molecule has 6 aromatic carbocycles. The average Bonchev–Trinajstić information content (AvgIpc) is 3.54. The topological polar surface area (TPSA) is 173 Å².